The molecule has 0 radical (unpaired) electrons. The number of pyridine rings is 1. The molecule has 0 atom stereocenters. The number of anilines is 1. The van der Waals surface area contributed by atoms with Crippen molar-refractivity contribution in [2.24, 2.45) is 5.84 Å². The van der Waals surface area contributed by atoms with Gasteiger partial charge in [-0.1, -0.05) is 18.2 Å². The second-order valence-electron chi connectivity index (χ2n) is 2.66. The van der Waals surface area contributed by atoms with Crippen molar-refractivity contribution in [2.75, 3.05) is 5.43 Å². The SMILES string of the molecule is NNc1cc2ccccc2nc1Br. The lowest BCUT2D eigenvalue weighted by Crippen LogP contribution is -2.07. The Morgan fingerprint density at radius 2 is 2.08 bits per heavy atom. The highest BCUT2D eigenvalue weighted by molar-refractivity contribution is 9.10. The first-order valence-electron chi connectivity index (χ1n) is 3.83. The summed E-state index contributed by atoms with van der Waals surface area (Å²) in [6.45, 7) is 0. The number of hydrazine groups is 1. The number of fused-ring (bicyclic) bond motifs is 1. The van der Waals surface area contributed by atoms with Crippen LogP contribution >= 0.6 is 15.9 Å². The van der Waals surface area contributed by atoms with Crippen molar-refractivity contribution in [3.05, 3.63) is 34.9 Å². The van der Waals surface area contributed by atoms with Crippen molar-refractivity contribution >= 4 is 32.5 Å². The standard InChI is InChI=1S/C9H8BrN3/c10-9-8(13-11)5-6-3-1-2-4-7(6)12-9/h1-5,13H,11H2. The maximum absolute atomic E-state index is 5.32. The number of hydrogen-bond donors (Lipinski definition) is 2. The zero-order chi connectivity index (χ0) is 9.26. The molecule has 0 fully saturated rings. The summed E-state index contributed by atoms with van der Waals surface area (Å²) in [5.74, 6) is 5.32. The van der Waals surface area contributed by atoms with Gasteiger partial charge in [0.05, 0.1) is 11.2 Å². The predicted octanol–water partition coefficient (Wildman–Crippen LogP) is 2.28. The summed E-state index contributed by atoms with van der Waals surface area (Å²) in [7, 11) is 0. The molecular weight excluding hydrogens is 230 g/mol. The van der Waals surface area contributed by atoms with Crippen LogP contribution in [0.25, 0.3) is 10.9 Å². The highest BCUT2D eigenvalue weighted by atomic mass is 79.9. The van der Waals surface area contributed by atoms with E-state index in [1.807, 2.05) is 30.3 Å². The first-order chi connectivity index (χ1) is 6.31. The Balaban J connectivity index is 2.74. The van der Waals surface area contributed by atoms with Crippen molar-refractivity contribution < 1.29 is 0 Å². The molecule has 66 valence electrons. The smallest absolute Gasteiger partial charge is 0.131 e. The summed E-state index contributed by atoms with van der Waals surface area (Å²) < 4.78 is 0.730. The average Bonchev–Trinajstić information content (AvgIpc) is 2.17. The second kappa shape index (κ2) is 3.32. The van der Waals surface area contributed by atoms with E-state index in [0.717, 1.165) is 21.2 Å². The monoisotopic (exact) mass is 237 g/mol. The molecule has 3 nitrogen and oxygen atoms in total. The molecule has 0 aliphatic heterocycles. The highest BCUT2D eigenvalue weighted by Gasteiger charge is 2.01. The number of aromatic nitrogens is 1. The van der Waals surface area contributed by atoms with Crippen molar-refractivity contribution in [1.29, 1.82) is 0 Å². The summed E-state index contributed by atoms with van der Waals surface area (Å²) in [5.41, 5.74) is 4.32. The van der Waals surface area contributed by atoms with Gasteiger partial charge in [0.1, 0.15) is 4.60 Å². The number of rotatable bonds is 1. The van der Waals surface area contributed by atoms with Crippen LogP contribution in [0.4, 0.5) is 5.69 Å². The Kier molecular flexibility index (Phi) is 2.16. The summed E-state index contributed by atoms with van der Waals surface area (Å²) in [6, 6.07) is 9.83. The zero-order valence-electron chi connectivity index (χ0n) is 6.79. The van der Waals surface area contributed by atoms with Crippen LogP contribution in [0, 0.1) is 0 Å². The van der Waals surface area contributed by atoms with Crippen LogP contribution in [0.1, 0.15) is 0 Å². The maximum Gasteiger partial charge on any atom is 0.131 e. The molecule has 2 rings (SSSR count). The third-order valence-corrected chi connectivity index (χ3v) is 2.44. The molecule has 4 heteroatoms. The van der Waals surface area contributed by atoms with Crippen LogP contribution in [0.2, 0.25) is 0 Å². The van der Waals surface area contributed by atoms with Gasteiger partial charge in [0.25, 0.3) is 0 Å². The quantitative estimate of drug-likeness (QED) is 0.455. The summed E-state index contributed by atoms with van der Waals surface area (Å²) in [5, 5.41) is 1.07. The van der Waals surface area contributed by atoms with Crippen molar-refractivity contribution in [1.82, 2.24) is 4.98 Å². The van der Waals surface area contributed by atoms with E-state index in [2.05, 4.69) is 26.3 Å². The molecular formula is C9H8BrN3. The Morgan fingerprint density at radius 3 is 2.85 bits per heavy atom. The van der Waals surface area contributed by atoms with Crippen LogP contribution < -0.4 is 11.3 Å². The third-order valence-electron chi connectivity index (χ3n) is 1.83. The number of nitrogens with one attached hydrogen (secondary N) is 1. The number of para-hydroxylation sites is 1. The van der Waals surface area contributed by atoms with Gasteiger partial charge in [-0.15, -0.1) is 0 Å². The first kappa shape index (κ1) is 8.47. The minimum absolute atomic E-state index is 0.730. The molecule has 1 heterocycles. The fourth-order valence-corrected chi connectivity index (χ4v) is 1.61. The van der Waals surface area contributed by atoms with Crippen molar-refractivity contribution in [3.63, 3.8) is 0 Å². The second-order valence-corrected chi connectivity index (χ2v) is 3.41. The van der Waals surface area contributed by atoms with E-state index < -0.39 is 0 Å². The average molecular weight is 238 g/mol. The Labute approximate surface area is 84.1 Å². The lowest BCUT2D eigenvalue weighted by molar-refractivity contribution is 1.28. The van der Waals surface area contributed by atoms with Gasteiger partial charge < -0.3 is 5.43 Å². The minimum atomic E-state index is 0.730. The molecule has 13 heavy (non-hydrogen) atoms. The lowest BCUT2D eigenvalue weighted by Gasteiger charge is -2.04. The van der Waals surface area contributed by atoms with E-state index in [9.17, 15) is 0 Å². The van der Waals surface area contributed by atoms with Gasteiger partial charge in [0, 0.05) is 5.39 Å². The van der Waals surface area contributed by atoms with E-state index in [1.165, 1.54) is 0 Å². The summed E-state index contributed by atoms with van der Waals surface area (Å²) in [6.07, 6.45) is 0. The molecule has 0 saturated carbocycles. The fraction of sp³-hybridized carbons (Fsp3) is 0. The van der Waals surface area contributed by atoms with Crippen molar-refractivity contribution in [3.8, 4) is 0 Å². The van der Waals surface area contributed by atoms with Crippen LogP contribution in [0.3, 0.4) is 0 Å². The molecule has 0 aliphatic rings. The molecule has 0 aliphatic carbocycles. The molecule has 0 unspecified atom stereocenters. The Hall–Kier alpha value is -1.13. The molecule has 0 spiro atoms. The molecule has 2 aromatic rings. The number of halogens is 1. The maximum atomic E-state index is 5.32. The van der Waals surface area contributed by atoms with E-state index in [1.54, 1.807) is 0 Å². The fourth-order valence-electron chi connectivity index (χ4n) is 1.19. The number of nitrogens with zero attached hydrogens (tertiary/aromatic N) is 1. The van der Waals surface area contributed by atoms with E-state index >= 15 is 0 Å². The predicted molar refractivity (Wildman–Crippen MR) is 57.3 cm³/mol. The van der Waals surface area contributed by atoms with E-state index in [-0.39, 0.29) is 0 Å². The number of nitrogens with two attached hydrogens (primary N) is 1. The molecule has 0 amide bonds. The Morgan fingerprint density at radius 1 is 1.31 bits per heavy atom. The van der Waals surface area contributed by atoms with Gasteiger partial charge in [0.2, 0.25) is 0 Å². The van der Waals surface area contributed by atoms with Gasteiger partial charge in [-0.3, -0.25) is 5.84 Å². The zero-order valence-corrected chi connectivity index (χ0v) is 8.38. The van der Waals surface area contributed by atoms with Gasteiger partial charge in [0.15, 0.2) is 0 Å². The van der Waals surface area contributed by atoms with Crippen molar-refractivity contribution in [2.45, 2.75) is 0 Å². The molecule has 0 saturated heterocycles. The van der Waals surface area contributed by atoms with E-state index in [4.69, 9.17) is 5.84 Å². The number of benzene rings is 1. The molecule has 1 aromatic heterocycles. The number of nitrogen functional groups attached to an aromatic ring is 1. The van der Waals surface area contributed by atoms with E-state index in [0.29, 0.717) is 0 Å². The lowest BCUT2D eigenvalue weighted by atomic mass is 10.2. The third kappa shape index (κ3) is 1.50. The van der Waals surface area contributed by atoms with Crippen LogP contribution in [0.5, 0.6) is 0 Å². The normalized spacial score (nSPS) is 10.3. The van der Waals surface area contributed by atoms with Crippen LogP contribution in [-0.4, -0.2) is 4.98 Å². The summed E-state index contributed by atoms with van der Waals surface area (Å²) in [4.78, 5) is 4.32. The van der Waals surface area contributed by atoms with Gasteiger partial charge >= 0.3 is 0 Å². The first-order valence-corrected chi connectivity index (χ1v) is 4.62. The highest BCUT2D eigenvalue weighted by Crippen LogP contribution is 2.23. The molecule has 3 N–H and O–H groups in total. The molecule has 1 aromatic carbocycles. The van der Waals surface area contributed by atoms with Crippen LogP contribution in [0.15, 0.2) is 34.9 Å². The number of hydrogen-bond acceptors (Lipinski definition) is 3. The van der Waals surface area contributed by atoms with Gasteiger partial charge in [-0.25, -0.2) is 4.98 Å². The van der Waals surface area contributed by atoms with Gasteiger partial charge in [-0.05, 0) is 28.1 Å². The van der Waals surface area contributed by atoms with Gasteiger partial charge in [-0.2, -0.15) is 0 Å². The minimum Gasteiger partial charge on any atom is -0.322 e. The van der Waals surface area contributed by atoms with Crippen LogP contribution in [-0.2, 0) is 0 Å². The Bertz CT molecular complexity index is 442. The topological polar surface area (TPSA) is 50.9 Å². The largest absolute Gasteiger partial charge is 0.322 e. The summed E-state index contributed by atoms with van der Waals surface area (Å²) >= 11 is 3.32. The molecule has 0 bridgehead atoms.